The first-order chi connectivity index (χ1) is 29.4. The number of Topliss-reactive ketones (excluding diaryl/α,β-unsaturated/α-hetero) is 1. The van der Waals surface area contributed by atoms with Crippen LogP contribution < -0.4 is 9.47 Å². The van der Waals surface area contributed by atoms with Crippen molar-refractivity contribution in [2.45, 2.75) is 94.4 Å². The van der Waals surface area contributed by atoms with Crippen molar-refractivity contribution in [1.29, 1.82) is 5.26 Å². The molecule has 0 aromatic heterocycles. The maximum atomic E-state index is 13.0. The van der Waals surface area contributed by atoms with E-state index in [-0.39, 0.29) is 18.0 Å². The van der Waals surface area contributed by atoms with E-state index in [2.05, 4.69) is 51.4 Å². The number of ketones is 1. The molecule has 4 aromatic carbocycles. The highest BCUT2D eigenvalue weighted by atomic mass is 28.3. The summed E-state index contributed by atoms with van der Waals surface area (Å²) in [4.78, 5) is 24.1. The standard InChI is InChI=1S/C23H19N3O2.C22H19NO3.C5H11NSi/c1-25-18-4-2-3-16(9-18)17-6-7-21-19(10-17)20(26-14-24)12-23(28-21)11-15-5-8-22(23)27-13-15;1-23-17-4-2-3-15(9-17)16-6-7-20-18(10-16)19(24)12-22(26-20)11-14-5-8-21(22)25-13-14;1-5-6-7(2,3)4/h2-4,6-7,9-10,15,22H,5,8,11-13H2;2-4,6-7,9-10,14,21H,5,8,11-13H2;1H2,2-4H3. The van der Waals surface area contributed by atoms with E-state index in [4.69, 9.17) is 32.1 Å². The van der Waals surface area contributed by atoms with E-state index < -0.39 is 19.4 Å². The first-order valence-electron chi connectivity index (χ1n) is 21.0. The summed E-state index contributed by atoms with van der Waals surface area (Å²) in [5, 5.41) is 9.27. The quantitative estimate of drug-likeness (QED) is 0.0880. The Kier molecular flexibility index (Phi) is 11.7. The van der Waals surface area contributed by atoms with Gasteiger partial charge in [0.2, 0.25) is 6.19 Å². The Morgan fingerprint density at radius 3 is 1.66 bits per heavy atom. The number of nitriles is 1. The van der Waals surface area contributed by atoms with E-state index in [1.165, 1.54) is 12.8 Å². The van der Waals surface area contributed by atoms with Crippen molar-refractivity contribution < 1.29 is 23.7 Å². The molecule has 12 rings (SSSR count). The van der Waals surface area contributed by atoms with Crippen molar-refractivity contribution >= 4 is 37.0 Å². The average molecular weight is 828 g/mol. The highest BCUT2D eigenvalue weighted by Gasteiger charge is 2.55. The molecular formula is C50H49N5O5Si. The Hall–Kier alpha value is -6.12. The molecule has 6 aliphatic heterocycles. The van der Waals surface area contributed by atoms with Gasteiger partial charge >= 0.3 is 0 Å². The highest BCUT2D eigenvalue weighted by Crippen LogP contribution is 2.50. The summed E-state index contributed by atoms with van der Waals surface area (Å²) in [5.74, 6) is 5.13. The summed E-state index contributed by atoms with van der Waals surface area (Å²) in [7, 11) is -1.21. The van der Waals surface area contributed by atoms with Gasteiger partial charge < -0.3 is 18.9 Å². The molecule has 10 nitrogen and oxygen atoms in total. The van der Waals surface area contributed by atoms with Crippen LogP contribution in [-0.4, -0.2) is 62.2 Å². The van der Waals surface area contributed by atoms with Crippen molar-refractivity contribution in [3.8, 4) is 39.9 Å². The molecule has 0 N–H and O–H groups in total. The van der Waals surface area contributed by atoms with E-state index in [1.807, 2.05) is 79.0 Å². The van der Waals surface area contributed by atoms with Crippen LogP contribution >= 0.6 is 0 Å². The van der Waals surface area contributed by atoms with E-state index in [1.54, 1.807) is 12.1 Å². The van der Waals surface area contributed by atoms with Gasteiger partial charge in [0.25, 0.3) is 0 Å². The molecule has 6 atom stereocenters. The SMILES string of the molecule is C=C=N[Si](C)(C)C.[C-]#[N+]c1cccc(-c2ccc3c(c2)C(=NC#N)CC2(CC4CCC2OC4)O3)c1.[C-]#[N+]c1cccc(-c2ccc3c(c2)C(=O)CC2(CC4CCC2OC4)O3)c1. The molecule has 4 aromatic rings. The Morgan fingerprint density at radius 2 is 1.23 bits per heavy atom. The average Bonchev–Trinajstić information content (AvgIpc) is 3.27. The van der Waals surface area contributed by atoms with Crippen molar-refractivity contribution in [3.05, 3.63) is 125 Å². The minimum absolute atomic E-state index is 0.0274. The molecule has 8 aliphatic rings. The lowest BCUT2D eigenvalue weighted by Crippen LogP contribution is -2.60. The zero-order valence-corrected chi connectivity index (χ0v) is 35.9. The molecular weight excluding hydrogens is 779 g/mol. The molecule has 4 bridgehead atoms. The fourth-order valence-corrected chi connectivity index (χ4v) is 10.3. The Morgan fingerprint density at radius 1 is 0.721 bits per heavy atom. The van der Waals surface area contributed by atoms with E-state index >= 15 is 0 Å². The smallest absolute Gasteiger partial charge is 0.205 e. The Labute approximate surface area is 359 Å². The van der Waals surface area contributed by atoms with E-state index in [0.29, 0.717) is 47.4 Å². The summed E-state index contributed by atoms with van der Waals surface area (Å²) in [5.41, 5.74) is 6.41. The summed E-state index contributed by atoms with van der Waals surface area (Å²) in [6.45, 7) is 25.8. The lowest BCUT2D eigenvalue weighted by molar-refractivity contribution is -0.183. The first-order valence-corrected chi connectivity index (χ1v) is 24.5. The number of hydrogen-bond donors (Lipinski definition) is 0. The second-order valence-electron chi connectivity index (χ2n) is 17.9. The van der Waals surface area contributed by atoms with E-state index in [9.17, 15) is 10.1 Å². The van der Waals surface area contributed by atoms with Gasteiger partial charge in [-0.25, -0.2) is 9.69 Å². The van der Waals surface area contributed by atoms with Gasteiger partial charge in [-0.05, 0) is 141 Å². The zero-order chi connectivity index (χ0) is 42.8. The van der Waals surface area contributed by atoms with Gasteiger partial charge in [0.05, 0.1) is 56.3 Å². The largest absolute Gasteiger partial charge is 0.483 e. The van der Waals surface area contributed by atoms with Crippen molar-refractivity contribution in [1.82, 2.24) is 0 Å². The van der Waals surface area contributed by atoms with Crippen LogP contribution in [0.4, 0.5) is 11.4 Å². The van der Waals surface area contributed by atoms with Crippen LogP contribution in [-0.2, 0) is 9.47 Å². The Bertz CT molecular complexity index is 2560. The molecule has 2 aliphatic carbocycles. The number of hydrogen-bond acceptors (Lipinski definition) is 8. The van der Waals surface area contributed by atoms with Gasteiger partial charge in [-0.3, -0.25) is 9.45 Å². The molecule has 4 saturated heterocycles. The maximum Gasteiger partial charge on any atom is 0.205 e. The number of nitrogens with zero attached hydrogens (tertiary/aromatic N) is 5. The summed E-state index contributed by atoms with van der Waals surface area (Å²) in [6.07, 6.45) is 9.26. The van der Waals surface area contributed by atoms with Gasteiger partial charge in [0.1, 0.15) is 22.7 Å². The van der Waals surface area contributed by atoms with Crippen molar-refractivity contribution in [2.75, 3.05) is 13.2 Å². The second-order valence-corrected chi connectivity index (χ2v) is 22.5. The predicted octanol–water partition coefficient (Wildman–Crippen LogP) is 11.4. The van der Waals surface area contributed by atoms with Crippen LogP contribution in [0.15, 0.2) is 101 Å². The maximum absolute atomic E-state index is 13.0. The van der Waals surface area contributed by atoms with E-state index in [0.717, 1.165) is 78.2 Å². The zero-order valence-electron chi connectivity index (χ0n) is 34.9. The predicted molar refractivity (Wildman–Crippen MR) is 239 cm³/mol. The van der Waals surface area contributed by atoms with Crippen molar-refractivity contribution in [2.24, 2.45) is 21.5 Å². The van der Waals surface area contributed by atoms with Gasteiger partial charge in [0, 0.05) is 12.0 Å². The fraction of sp³-hybridized carbons (Fsp3) is 0.380. The second kappa shape index (κ2) is 17.1. The molecule has 61 heavy (non-hydrogen) atoms. The molecule has 2 saturated carbocycles. The van der Waals surface area contributed by atoms with Crippen LogP contribution in [0, 0.1) is 36.4 Å². The fourth-order valence-electron chi connectivity index (χ4n) is 9.79. The molecule has 6 fully saturated rings. The number of aliphatic imine (C=N–C) groups is 1. The number of benzene rings is 4. The monoisotopic (exact) mass is 827 g/mol. The number of carbonyl (C=O) groups is 1. The Balaban J connectivity index is 0.000000146. The molecule has 0 amide bonds. The van der Waals surface area contributed by atoms with Crippen LogP contribution in [0.5, 0.6) is 11.5 Å². The third-order valence-corrected chi connectivity index (χ3v) is 13.4. The number of fused-ring (bicyclic) bond motifs is 6. The molecule has 6 unspecified atom stereocenters. The lowest BCUT2D eigenvalue weighted by atomic mass is 9.69. The number of carbonyl (C=O) groups excluding carboxylic acids is 1. The number of ether oxygens (including phenoxy) is 4. The van der Waals surface area contributed by atoms with Crippen LogP contribution in [0.25, 0.3) is 31.9 Å². The summed E-state index contributed by atoms with van der Waals surface area (Å²) < 4.78 is 29.0. The molecule has 0 radical (unpaired) electrons. The van der Waals surface area contributed by atoms with Crippen LogP contribution in [0.1, 0.15) is 67.3 Å². The van der Waals surface area contributed by atoms with Gasteiger partial charge in [-0.1, -0.05) is 48.5 Å². The minimum atomic E-state index is -1.21. The highest BCUT2D eigenvalue weighted by molar-refractivity contribution is 6.75. The molecule has 308 valence electrons. The molecule has 2 spiro atoms. The minimum Gasteiger partial charge on any atom is -0.483 e. The van der Waals surface area contributed by atoms with Gasteiger partial charge in [0.15, 0.2) is 25.4 Å². The third kappa shape index (κ3) is 8.73. The van der Waals surface area contributed by atoms with Crippen LogP contribution in [0.2, 0.25) is 19.6 Å². The first kappa shape index (κ1) is 41.6. The van der Waals surface area contributed by atoms with Gasteiger partial charge in [-0.2, -0.15) is 10.3 Å². The summed E-state index contributed by atoms with van der Waals surface area (Å²) >= 11 is 0. The van der Waals surface area contributed by atoms with Crippen LogP contribution in [0.3, 0.4) is 0 Å². The van der Waals surface area contributed by atoms with Crippen molar-refractivity contribution in [3.63, 3.8) is 0 Å². The normalized spacial score (nSPS) is 26.9. The summed E-state index contributed by atoms with van der Waals surface area (Å²) in [6, 6.07) is 26.7. The number of rotatable bonds is 3. The lowest BCUT2D eigenvalue weighted by Gasteiger charge is -2.52. The van der Waals surface area contributed by atoms with Gasteiger partial charge in [-0.15, -0.1) is 0 Å². The molecule has 11 heteroatoms. The topological polar surface area (TPSA) is 111 Å². The third-order valence-electron chi connectivity index (χ3n) is 12.5. The molecule has 6 heterocycles.